The number of nitrogens with two attached hydrogens (primary N) is 1. The predicted molar refractivity (Wildman–Crippen MR) is 119 cm³/mol. The lowest BCUT2D eigenvalue weighted by molar-refractivity contribution is -0.117. The van der Waals surface area contributed by atoms with Gasteiger partial charge in [0.25, 0.3) is 0 Å². The minimum atomic E-state index is -0.504. The Bertz CT molecular complexity index is 1090. The first kappa shape index (κ1) is 19.9. The number of hydrogen-bond donors (Lipinski definition) is 1. The molecule has 0 radical (unpaired) electrons. The number of rotatable bonds is 8. The molecular weight excluding hydrogens is 422 g/mol. The molecule has 6 nitrogen and oxygen atoms in total. The van der Waals surface area contributed by atoms with Crippen LogP contribution in [0.3, 0.4) is 0 Å². The van der Waals surface area contributed by atoms with Crippen molar-refractivity contribution in [1.29, 1.82) is 0 Å². The van der Waals surface area contributed by atoms with Crippen molar-refractivity contribution < 1.29 is 4.79 Å². The number of thiazole rings is 1. The second kappa shape index (κ2) is 8.98. The van der Waals surface area contributed by atoms with Crippen LogP contribution in [0.4, 0.5) is 0 Å². The summed E-state index contributed by atoms with van der Waals surface area (Å²) in [5.74, 6) is 1.13. The minimum Gasteiger partial charge on any atom is -0.368 e. The molecule has 1 unspecified atom stereocenters. The van der Waals surface area contributed by atoms with Crippen LogP contribution in [0, 0.1) is 0 Å². The smallest absolute Gasteiger partial charge is 0.235 e. The summed E-state index contributed by atoms with van der Waals surface area (Å²) >= 11 is 4.66. The van der Waals surface area contributed by atoms with Gasteiger partial charge in [0.1, 0.15) is 11.1 Å². The molecule has 2 aromatic heterocycles. The van der Waals surface area contributed by atoms with E-state index in [0.717, 1.165) is 21.2 Å². The van der Waals surface area contributed by atoms with Gasteiger partial charge in [0, 0.05) is 6.54 Å². The van der Waals surface area contributed by atoms with Crippen LogP contribution in [0.2, 0.25) is 0 Å². The van der Waals surface area contributed by atoms with Crippen LogP contribution in [0.15, 0.2) is 64.1 Å². The molecule has 0 saturated carbocycles. The number of carbonyl (C=O) groups is 1. The Morgan fingerprint density at radius 2 is 1.90 bits per heavy atom. The molecule has 148 valence electrons. The second-order valence-corrected chi connectivity index (χ2v) is 9.52. The van der Waals surface area contributed by atoms with Crippen LogP contribution in [-0.4, -0.2) is 25.7 Å². The van der Waals surface area contributed by atoms with Gasteiger partial charge in [0.2, 0.25) is 5.91 Å². The van der Waals surface area contributed by atoms with Gasteiger partial charge in [-0.1, -0.05) is 66.0 Å². The summed E-state index contributed by atoms with van der Waals surface area (Å²) in [6.45, 7) is 2.76. The maximum absolute atomic E-state index is 12.0. The van der Waals surface area contributed by atoms with E-state index >= 15 is 0 Å². The summed E-state index contributed by atoms with van der Waals surface area (Å²) in [6, 6.07) is 17.6. The number of benzene rings is 2. The average molecular weight is 442 g/mol. The highest BCUT2D eigenvalue weighted by atomic mass is 32.2. The van der Waals surface area contributed by atoms with Crippen molar-refractivity contribution in [3.8, 4) is 0 Å². The first-order chi connectivity index (χ1) is 14.2. The molecule has 0 aliphatic rings. The monoisotopic (exact) mass is 441 g/mol. The lowest BCUT2D eigenvalue weighted by Gasteiger charge is -2.13. The topological polar surface area (TPSA) is 86.7 Å². The molecule has 2 heterocycles. The van der Waals surface area contributed by atoms with Gasteiger partial charge in [0.15, 0.2) is 9.50 Å². The fraction of sp³-hybridized carbons (Fsp3) is 0.200. The summed E-state index contributed by atoms with van der Waals surface area (Å²) in [4.78, 5) is 16.7. The molecule has 0 spiro atoms. The predicted octanol–water partition coefficient (Wildman–Crippen LogP) is 4.52. The zero-order valence-electron chi connectivity index (χ0n) is 15.7. The Labute approximate surface area is 180 Å². The third-order valence-electron chi connectivity index (χ3n) is 4.29. The minimum absolute atomic E-state index is 0.391. The van der Waals surface area contributed by atoms with Crippen LogP contribution in [-0.2, 0) is 17.1 Å². The maximum atomic E-state index is 12.0. The quantitative estimate of drug-likeness (QED) is 0.405. The van der Waals surface area contributed by atoms with Crippen molar-refractivity contribution in [2.45, 2.75) is 34.0 Å². The molecule has 2 N–H and O–H groups in total. The fourth-order valence-corrected chi connectivity index (χ4v) is 5.97. The van der Waals surface area contributed by atoms with Gasteiger partial charge < -0.3 is 10.3 Å². The number of amides is 1. The molecule has 0 aliphatic heterocycles. The van der Waals surface area contributed by atoms with Crippen molar-refractivity contribution in [2.75, 3.05) is 0 Å². The van der Waals surface area contributed by atoms with Crippen molar-refractivity contribution >= 4 is 51.0 Å². The normalized spacial score (nSPS) is 12.3. The van der Waals surface area contributed by atoms with E-state index in [1.807, 2.05) is 60.0 Å². The van der Waals surface area contributed by atoms with Crippen LogP contribution >= 0.6 is 34.9 Å². The Hall–Kier alpha value is -2.36. The highest BCUT2D eigenvalue weighted by molar-refractivity contribution is 8.00. The van der Waals surface area contributed by atoms with Crippen LogP contribution in [0.25, 0.3) is 10.2 Å². The second-order valence-electron chi connectivity index (χ2n) is 6.19. The van der Waals surface area contributed by atoms with Crippen molar-refractivity contribution in [3.63, 3.8) is 0 Å². The highest BCUT2D eigenvalue weighted by Gasteiger charge is 2.23. The number of nitrogens with zero attached hydrogens (tertiary/aromatic N) is 4. The molecule has 0 aliphatic carbocycles. The van der Waals surface area contributed by atoms with Gasteiger partial charge in [-0.25, -0.2) is 4.98 Å². The molecule has 1 amide bonds. The van der Waals surface area contributed by atoms with E-state index < -0.39 is 11.2 Å². The number of thioether (sulfide) groups is 2. The van der Waals surface area contributed by atoms with E-state index in [1.165, 1.54) is 16.5 Å². The average Bonchev–Trinajstić information content (AvgIpc) is 3.33. The summed E-state index contributed by atoms with van der Waals surface area (Å²) in [5.41, 5.74) is 7.53. The zero-order valence-corrected chi connectivity index (χ0v) is 18.1. The first-order valence-electron chi connectivity index (χ1n) is 9.07. The van der Waals surface area contributed by atoms with Crippen molar-refractivity contribution in [2.24, 2.45) is 5.73 Å². The van der Waals surface area contributed by atoms with E-state index in [4.69, 9.17) is 5.73 Å². The number of aromatic nitrogens is 4. The first-order valence-corrected chi connectivity index (χ1v) is 11.7. The molecule has 0 bridgehead atoms. The number of fused-ring (bicyclic) bond motifs is 1. The number of para-hydroxylation sites is 1. The lowest BCUT2D eigenvalue weighted by Crippen LogP contribution is -2.19. The van der Waals surface area contributed by atoms with Gasteiger partial charge in [-0.2, -0.15) is 0 Å². The molecule has 2 aromatic carbocycles. The van der Waals surface area contributed by atoms with E-state index in [1.54, 1.807) is 23.1 Å². The SMILES string of the molecule is CCn1c(CSc2nc3ccccc3s2)nnc1SC(C(N)=O)c1ccccc1. The number of primary amides is 1. The van der Waals surface area contributed by atoms with Crippen LogP contribution < -0.4 is 5.73 Å². The fourth-order valence-electron chi connectivity index (χ4n) is 2.89. The third kappa shape index (κ3) is 4.47. The lowest BCUT2D eigenvalue weighted by atomic mass is 10.1. The number of carbonyl (C=O) groups excluding carboxylic acids is 1. The largest absolute Gasteiger partial charge is 0.368 e. The van der Waals surface area contributed by atoms with Gasteiger partial charge >= 0.3 is 0 Å². The summed E-state index contributed by atoms with van der Waals surface area (Å²) in [5, 5.41) is 8.88. The summed E-state index contributed by atoms with van der Waals surface area (Å²) < 4.78 is 4.21. The Morgan fingerprint density at radius 1 is 1.14 bits per heavy atom. The Morgan fingerprint density at radius 3 is 2.62 bits per heavy atom. The molecule has 0 fully saturated rings. The molecule has 4 aromatic rings. The van der Waals surface area contributed by atoms with Crippen molar-refractivity contribution in [1.82, 2.24) is 19.7 Å². The molecule has 1 atom stereocenters. The van der Waals surface area contributed by atoms with Crippen LogP contribution in [0.1, 0.15) is 23.6 Å². The highest BCUT2D eigenvalue weighted by Crippen LogP contribution is 2.36. The van der Waals surface area contributed by atoms with E-state index in [-0.39, 0.29) is 0 Å². The van der Waals surface area contributed by atoms with E-state index in [0.29, 0.717) is 17.5 Å². The zero-order chi connectivity index (χ0) is 20.2. The van der Waals surface area contributed by atoms with Gasteiger partial charge in [-0.3, -0.25) is 4.79 Å². The van der Waals surface area contributed by atoms with Gasteiger partial charge in [-0.05, 0) is 24.6 Å². The standard InChI is InChI=1S/C20H19N5OS3/c1-2-25-16(12-27-20-22-14-10-6-7-11-15(14)28-20)23-24-19(25)29-17(18(21)26)13-8-4-3-5-9-13/h3-11,17H,2,12H2,1H3,(H2,21,26). The van der Waals surface area contributed by atoms with Crippen molar-refractivity contribution in [3.05, 3.63) is 66.0 Å². The Balaban J connectivity index is 1.52. The summed E-state index contributed by atoms with van der Waals surface area (Å²) in [7, 11) is 0. The number of hydrogen-bond acceptors (Lipinski definition) is 7. The summed E-state index contributed by atoms with van der Waals surface area (Å²) in [6.07, 6.45) is 0. The van der Waals surface area contributed by atoms with Gasteiger partial charge in [0.05, 0.1) is 16.0 Å². The molecule has 4 rings (SSSR count). The molecule has 0 saturated heterocycles. The van der Waals surface area contributed by atoms with Gasteiger partial charge in [-0.15, -0.1) is 21.5 Å². The Kier molecular flexibility index (Phi) is 6.17. The molecule has 9 heteroatoms. The third-order valence-corrected chi connectivity index (χ3v) is 7.72. The van der Waals surface area contributed by atoms with E-state index in [2.05, 4.69) is 21.2 Å². The van der Waals surface area contributed by atoms with E-state index in [9.17, 15) is 4.79 Å². The molecule has 29 heavy (non-hydrogen) atoms. The molecular formula is C20H19N5OS3. The van der Waals surface area contributed by atoms with Crippen LogP contribution in [0.5, 0.6) is 0 Å². The maximum Gasteiger partial charge on any atom is 0.235 e.